The topological polar surface area (TPSA) is 94.0 Å². The number of hydrogen-bond acceptors (Lipinski definition) is 6. The van der Waals surface area contributed by atoms with Crippen molar-refractivity contribution in [1.29, 1.82) is 0 Å². The Bertz CT molecular complexity index is 228. The number of aliphatic hydroxyl groups is 1. The van der Waals surface area contributed by atoms with E-state index < -0.39 is 6.10 Å². The van der Waals surface area contributed by atoms with Crippen LogP contribution in [0, 0.1) is 0 Å². The lowest BCUT2D eigenvalue weighted by atomic mass is 10.2. The van der Waals surface area contributed by atoms with E-state index in [-0.39, 0.29) is 24.9 Å². The highest BCUT2D eigenvalue weighted by molar-refractivity contribution is 4.66. The third kappa shape index (κ3) is 11.6. The monoisotopic (exact) mass is 291 g/mol. The van der Waals surface area contributed by atoms with Crippen LogP contribution in [0.15, 0.2) is 0 Å². The molecule has 0 aromatic rings. The van der Waals surface area contributed by atoms with Gasteiger partial charge < -0.3 is 26.0 Å². The summed E-state index contributed by atoms with van der Waals surface area (Å²) in [5, 5.41) is 9.80. The van der Waals surface area contributed by atoms with Crippen LogP contribution >= 0.6 is 0 Å². The summed E-state index contributed by atoms with van der Waals surface area (Å²) in [5.41, 5.74) is 10.9. The minimum Gasteiger partial charge on any atom is -0.388 e. The van der Waals surface area contributed by atoms with Crippen LogP contribution in [0.5, 0.6) is 0 Å². The van der Waals surface area contributed by atoms with Crippen LogP contribution in [0.1, 0.15) is 27.7 Å². The van der Waals surface area contributed by atoms with Crippen molar-refractivity contribution in [3.8, 4) is 0 Å². The summed E-state index contributed by atoms with van der Waals surface area (Å²) in [6.07, 6.45) is -0.577. The standard InChI is InChI=1S/C14H33N3O3/c1-12(9-17(7-5-15)8-6-16)19-10-13(18)11-20-14(2,3)4/h12-13,18H,5-11,15-16H2,1-4H3. The molecule has 122 valence electrons. The molecule has 6 nitrogen and oxygen atoms in total. The minimum absolute atomic E-state index is 0.0254. The number of hydrogen-bond donors (Lipinski definition) is 3. The van der Waals surface area contributed by atoms with Crippen molar-refractivity contribution in [2.24, 2.45) is 11.5 Å². The van der Waals surface area contributed by atoms with Crippen molar-refractivity contribution >= 4 is 0 Å². The fraction of sp³-hybridized carbons (Fsp3) is 1.00. The van der Waals surface area contributed by atoms with Gasteiger partial charge in [-0.3, -0.25) is 4.90 Å². The van der Waals surface area contributed by atoms with Crippen molar-refractivity contribution in [1.82, 2.24) is 4.90 Å². The first-order valence-corrected chi connectivity index (χ1v) is 7.34. The fourth-order valence-corrected chi connectivity index (χ4v) is 1.75. The van der Waals surface area contributed by atoms with E-state index in [0.29, 0.717) is 13.1 Å². The smallest absolute Gasteiger partial charge is 0.101 e. The van der Waals surface area contributed by atoms with Gasteiger partial charge >= 0.3 is 0 Å². The van der Waals surface area contributed by atoms with Crippen LogP contribution in [0.2, 0.25) is 0 Å². The Morgan fingerprint density at radius 1 is 1.10 bits per heavy atom. The van der Waals surface area contributed by atoms with Crippen LogP contribution < -0.4 is 11.5 Å². The average Bonchev–Trinajstić information content (AvgIpc) is 2.33. The molecule has 0 saturated carbocycles. The van der Waals surface area contributed by atoms with E-state index in [0.717, 1.165) is 19.6 Å². The minimum atomic E-state index is -0.603. The summed E-state index contributed by atoms with van der Waals surface area (Å²) in [7, 11) is 0. The molecule has 0 heterocycles. The van der Waals surface area contributed by atoms with Crippen LogP contribution in [0.25, 0.3) is 0 Å². The highest BCUT2D eigenvalue weighted by atomic mass is 16.5. The Morgan fingerprint density at radius 2 is 1.65 bits per heavy atom. The molecule has 0 aliphatic carbocycles. The van der Waals surface area contributed by atoms with Gasteiger partial charge in [-0.1, -0.05) is 0 Å². The summed E-state index contributed by atoms with van der Waals surface area (Å²) in [5.74, 6) is 0. The van der Waals surface area contributed by atoms with Crippen LogP contribution in [-0.4, -0.2) is 73.8 Å². The zero-order valence-electron chi connectivity index (χ0n) is 13.5. The van der Waals surface area contributed by atoms with Gasteiger partial charge in [0, 0.05) is 32.7 Å². The molecule has 6 heteroatoms. The quantitative estimate of drug-likeness (QED) is 0.487. The maximum Gasteiger partial charge on any atom is 0.101 e. The Balaban J connectivity index is 3.87. The predicted molar refractivity (Wildman–Crippen MR) is 81.7 cm³/mol. The molecular weight excluding hydrogens is 258 g/mol. The SMILES string of the molecule is CC(CN(CCN)CCN)OCC(O)COC(C)(C)C. The molecule has 5 N–H and O–H groups in total. The second-order valence-corrected chi connectivity index (χ2v) is 6.10. The van der Waals surface area contributed by atoms with Gasteiger partial charge in [0.05, 0.1) is 24.9 Å². The number of rotatable bonds is 11. The van der Waals surface area contributed by atoms with Crippen molar-refractivity contribution in [2.75, 3.05) is 45.9 Å². The number of nitrogens with zero attached hydrogens (tertiary/aromatic N) is 1. The molecular formula is C14H33N3O3. The van der Waals surface area contributed by atoms with E-state index in [4.69, 9.17) is 20.9 Å². The first kappa shape index (κ1) is 19.8. The van der Waals surface area contributed by atoms with Crippen LogP contribution in [-0.2, 0) is 9.47 Å². The lowest BCUT2D eigenvalue weighted by molar-refractivity contribution is -0.0831. The van der Waals surface area contributed by atoms with Crippen LogP contribution in [0.4, 0.5) is 0 Å². The van der Waals surface area contributed by atoms with Crippen LogP contribution in [0.3, 0.4) is 0 Å². The average molecular weight is 291 g/mol. The first-order chi connectivity index (χ1) is 9.28. The number of nitrogens with two attached hydrogens (primary N) is 2. The van der Waals surface area contributed by atoms with Gasteiger partial charge in [-0.2, -0.15) is 0 Å². The van der Waals surface area contributed by atoms with E-state index in [1.165, 1.54) is 0 Å². The van der Waals surface area contributed by atoms with Crippen molar-refractivity contribution < 1.29 is 14.6 Å². The van der Waals surface area contributed by atoms with Gasteiger partial charge in [-0.05, 0) is 27.7 Å². The third-order valence-corrected chi connectivity index (χ3v) is 2.69. The maximum absolute atomic E-state index is 9.80. The van der Waals surface area contributed by atoms with Gasteiger partial charge in [-0.25, -0.2) is 0 Å². The zero-order valence-corrected chi connectivity index (χ0v) is 13.5. The van der Waals surface area contributed by atoms with E-state index >= 15 is 0 Å². The lowest BCUT2D eigenvalue weighted by Crippen LogP contribution is -2.40. The van der Waals surface area contributed by atoms with Gasteiger partial charge in [0.25, 0.3) is 0 Å². The van der Waals surface area contributed by atoms with Crippen molar-refractivity contribution in [2.45, 2.75) is 45.5 Å². The lowest BCUT2D eigenvalue weighted by Gasteiger charge is -2.26. The summed E-state index contributed by atoms with van der Waals surface area (Å²) < 4.78 is 11.1. The van der Waals surface area contributed by atoms with E-state index in [9.17, 15) is 5.11 Å². The molecule has 0 bridgehead atoms. The summed E-state index contributed by atoms with van der Waals surface area (Å²) in [6, 6.07) is 0. The molecule has 0 rings (SSSR count). The summed E-state index contributed by atoms with van der Waals surface area (Å²) in [6.45, 7) is 12.0. The fourth-order valence-electron chi connectivity index (χ4n) is 1.75. The molecule has 0 aliphatic rings. The molecule has 0 aromatic heterocycles. The molecule has 0 amide bonds. The highest BCUT2D eigenvalue weighted by Gasteiger charge is 2.15. The molecule has 0 fully saturated rings. The first-order valence-electron chi connectivity index (χ1n) is 7.34. The second-order valence-electron chi connectivity index (χ2n) is 6.10. The second kappa shape index (κ2) is 10.5. The molecule has 0 aromatic carbocycles. The molecule has 0 saturated heterocycles. The molecule has 0 aliphatic heterocycles. The number of ether oxygens (including phenoxy) is 2. The van der Waals surface area contributed by atoms with Crippen molar-refractivity contribution in [3.63, 3.8) is 0 Å². The summed E-state index contributed by atoms with van der Waals surface area (Å²) in [4.78, 5) is 2.17. The van der Waals surface area contributed by atoms with Gasteiger partial charge in [-0.15, -0.1) is 0 Å². The van der Waals surface area contributed by atoms with Gasteiger partial charge in [0.1, 0.15) is 6.10 Å². The Hall–Kier alpha value is -0.240. The Kier molecular flexibility index (Phi) is 10.4. The van der Waals surface area contributed by atoms with E-state index in [1.54, 1.807) is 0 Å². The van der Waals surface area contributed by atoms with Crippen molar-refractivity contribution in [3.05, 3.63) is 0 Å². The van der Waals surface area contributed by atoms with E-state index in [1.807, 2.05) is 27.7 Å². The molecule has 2 unspecified atom stereocenters. The van der Waals surface area contributed by atoms with Gasteiger partial charge in [0.15, 0.2) is 0 Å². The largest absolute Gasteiger partial charge is 0.388 e. The molecule has 2 atom stereocenters. The highest BCUT2D eigenvalue weighted by Crippen LogP contribution is 2.07. The molecule has 20 heavy (non-hydrogen) atoms. The third-order valence-electron chi connectivity index (χ3n) is 2.69. The van der Waals surface area contributed by atoms with Gasteiger partial charge in [0.2, 0.25) is 0 Å². The number of aliphatic hydroxyl groups excluding tert-OH is 1. The Morgan fingerprint density at radius 3 is 2.10 bits per heavy atom. The molecule has 0 radical (unpaired) electrons. The van der Waals surface area contributed by atoms with E-state index in [2.05, 4.69) is 4.90 Å². The normalized spacial score (nSPS) is 15.6. The maximum atomic E-state index is 9.80. The summed E-state index contributed by atoms with van der Waals surface area (Å²) >= 11 is 0. The predicted octanol–water partition coefficient (Wildman–Crippen LogP) is -0.213. The zero-order chi connectivity index (χ0) is 15.6. The Labute approximate surface area is 123 Å². The molecule has 0 spiro atoms.